The van der Waals surface area contributed by atoms with E-state index >= 15 is 0 Å². The van der Waals surface area contributed by atoms with Gasteiger partial charge in [0, 0.05) is 18.0 Å². The van der Waals surface area contributed by atoms with Crippen molar-refractivity contribution in [1.82, 2.24) is 9.38 Å². The van der Waals surface area contributed by atoms with Crippen LogP contribution in [0.25, 0.3) is 16.9 Å². The highest BCUT2D eigenvalue weighted by Crippen LogP contribution is 2.28. The third-order valence-electron chi connectivity index (χ3n) is 4.75. The fourth-order valence-electron chi connectivity index (χ4n) is 3.35. The summed E-state index contributed by atoms with van der Waals surface area (Å²) in [5, 5.41) is 3.04. The number of aryl methyl sites for hydroxylation is 1. The average Bonchev–Trinajstić information content (AvgIpc) is 3.16. The maximum atomic E-state index is 12.6. The number of nitrogens with one attached hydrogen (secondary N) is 1. The van der Waals surface area contributed by atoms with Gasteiger partial charge in [0.15, 0.2) is 0 Å². The summed E-state index contributed by atoms with van der Waals surface area (Å²) in [7, 11) is 0. The van der Waals surface area contributed by atoms with Crippen LogP contribution in [0.3, 0.4) is 0 Å². The number of rotatable bonds is 6. The SMILES string of the molecule is CCOc1ccc(CC(=O)Nc2ccccc2-c2cn3cccc(C)c3n2)cc1. The minimum atomic E-state index is -0.0680. The number of hydrogen-bond acceptors (Lipinski definition) is 3. The first-order valence-corrected chi connectivity index (χ1v) is 9.69. The third-order valence-corrected chi connectivity index (χ3v) is 4.75. The number of anilines is 1. The number of para-hydroxylation sites is 1. The molecule has 4 rings (SSSR count). The van der Waals surface area contributed by atoms with Crippen LogP contribution in [-0.4, -0.2) is 21.9 Å². The smallest absolute Gasteiger partial charge is 0.228 e. The van der Waals surface area contributed by atoms with Crippen LogP contribution in [0.1, 0.15) is 18.1 Å². The molecule has 0 saturated heterocycles. The van der Waals surface area contributed by atoms with Crippen molar-refractivity contribution in [1.29, 1.82) is 0 Å². The Morgan fingerprint density at radius 1 is 1.07 bits per heavy atom. The molecular formula is C24H23N3O2. The lowest BCUT2D eigenvalue weighted by Crippen LogP contribution is -2.15. The number of hydrogen-bond donors (Lipinski definition) is 1. The lowest BCUT2D eigenvalue weighted by molar-refractivity contribution is -0.115. The number of ether oxygens (including phenoxy) is 1. The molecule has 0 bridgehead atoms. The Kier molecular flexibility index (Phi) is 5.29. The molecule has 0 aliphatic carbocycles. The highest BCUT2D eigenvalue weighted by molar-refractivity contribution is 5.96. The second-order valence-electron chi connectivity index (χ2n) is 6.90. The van der Waals surface area contributed by atoms with E-state index in [1.807, 2.05) is 91.3 Å². The molecule has 5 heteroatoms. The van der Waals surface area contributed by atoms with Crippen LogP contribution in [0.2, 0.25) is 0 Å². The van der Waals surface area contributed by atoms with Crippen LogP contribution < -0.4 is 10.1 Å². The number of nitrogens with zero attached hydrogens (tertiary/aromatic N) is 2. The zero-order valence-corrected chi connectivity index (χ0v) is 16.6. The molecule has 5 nitrogen and oxygen atoms in total. The molecule has 29 heavy (non-hydrogen) atoms. The Morgan fingerprint density at radius 2 is 1.86 bits per heavy atom. The number of fused-ring (bicyclic) bond motifs is 1. The summed E-state index contributed by atoms with van der Waals surface area (Å²) in [5.41, 5.74) is 5.44. The molecule has 1 amide bonds. The van der Waals surface area contributed by atoms with E-state index in [0.29, 0.717) is 13.0 Å². The third kappa shape index (κ3) is 4.14. The number of amides is 1. The quantitative estimate of drug-likeness (QED) is 0.514. The predicted molar refractivity (Wildman–Crippen MR) is 115 cm³/mol. The molecule has 0 radical (unpaired) electrons. The van der Waals surface area contributed by atoms with Gasteiger partial charge >= 0.3 is 0 Å². The molecule has 4 aromatic rings. The highest BCUT2D eigenvalue weighted by atomic mass is 16.5. The van der Waals surface area contributed by atoms with Crippen molar-refractivity contribution in [2.45, 2.75) is 20.3 Å². The van der Waals surface area contributed by atoms with Crippen LogP contribution in [-0.2, 0) is 11.2 Å². The number of imidazole rings is 1. The topological polar surface area (TPSA) is 55.6 Å². The maximum absolute atomic E-state index is 12.6. The van der Waals surface area contributed by atoms with Gasteiger partial charge in [-0.15, -0.1) is 0 Å². The highest BCUT2D eigenvalue weighted by Gasteiger charge is 2.12. The molecule has 1 N–H and O–H groups in total. The van der Waals surface area contributed by atoms with Crippen molar-refractivity contribution in [2.75, 3.05) is 11.9 Å². The van der Waals surface area contributed by atoms with Crippen LogP contribution >= 0.6 is 0 Å². The summed E-state index contributed by atoms with van der Waals surface area (Å²) in [6.45, 7) is 4.61. The van der Waals surface area contributed by atoms with E-state index in [0.717, 1.165) is 39.5 Å². The molecule has 0 aliphatic rings. The van der Waals surface area contributed by atoms with Crippen molar-refractivity contribution in [3.05, 3.63) is 84.2 Å². The van der Waals surface area contributed by atoms with E-state index in [-0.39, 0.29) is 5.91 Å². The van der Waals surface area contributed by atoms with E-state index in [4.69, 9.17) is 9.72 Å². The first kappa shape index (κ1) is 18.7. The Balaban J connectivity index is 1.54. The van der Waals surface area contributed by atoms with Gasteiger partial charge < -0.3 is 14.5 Å². The molecule has 0 spiro atoms. The minimum Gasteiger partial charge on any atom is -0.494 e. The Bertz CT molecular complexity index is 1150. The molecule has 0 fully saturated rings. The molecule has 0 saturated carbocycles. The van der Waals surface area contributed by atoms with Crippen molar-refractivity contribution >= 4 is 17.2 Å². The van der Waals surface area contributed by atoms with Crippen LogP contribution in [0.4, 0.5) is 5.69 Å². The van der Waals surface area contributed by atoms with E-state index in [1.54, 1.807) is 0 Å². The lowest BCUT2D eigenvalue weighted by atomic mass is 10.1. The molecule has 2 heterocycles. The standard InChI is InChI=1S/C24H23N3O2/c1-3-29-19-12-10-18(11-13-19)15-23(28)25-21-9-5-4-8-20(21)22-16-27-14-6-7-17(2)24(27)26-22/h4-14,16H,3,15H2,1-2H3,(H,25,28). The van der Waals surface area contributed by atoms with Crippen molar-refractivity contribution in [3.8, 4) is 17.0 Å². The van der Waals surface area contributed by atoms with Gasteiger partial charge in [0.05, 0.1) is 24.4 Å². The molecule has 0 atom stereocenters. The fraction of sp³-hybridized carbons (Fsp3) is 0.167. The summed E-state index contributed by atoms with van der Waals surface area (Å²) >= 11 is 0. The van der Waals surface area contributed by atoms with Crippen LogP contribution in [0, 0.1) is 6.92 Å². The van der Waals surface area contributed by atoms with E-state index in [9.17, 15) is 4.79 Å². The Labute approximate surface area is 170 Å². The summed E-state index contributed by atoms with van der Waals surface area (Å²) in [6, 6.07) is 19.4. The zero-order valence-electron chi connectivity index (χ0n) is 16.6. The number of carbonyl (C=O) groups excluding carboxylic acids is 1. The van der Waals surface area contributed by atoms with Crippen LogP contribution in [0.15, 0.2) is 73.1 Å². The molecular weight excluding hydrogens is 362 g/mol. The largest absolute Gasteiger partial charge is 0.494 e. The minimum absolute atomic E-state index is 0.0680. The van der Waals surface area contributed by atoms with Gasteiger partial charge in [-0.2, -0.15) is 0 Å². The number of benzene rings is 2. The number of aromatic nitrogens is 2. The van der Waals surface area contributed by atoms with E-state index < -0.39 is 0 Å². The molecule has 146 valence electrons. The second-order valence-corrected chi connectivity index (χ2v) is 6.90. The van der Waals surface area contributed by atoms with Gasteiger partial charge in [0.25, 0.3) is 0 Å². The van der Waals surface area contributed by atoms with Gasteiger partial charge in [-0.3, -0.25) is 4.79 Å². The molecule has 2 aromatic heterocycles. The molecule has 2 aromatic carbocycles. The second kappa shape index (κ2) is 8.19. The zero-order chi connectivity index (χ0) is 20.2. The molecule has 0 aliphatic heterocycles. The predicted octanol–water partition coefficient (Wildman–Crippen LogP) is 4.89. The number of pyridine rings is 1. The van der Waals surface area contributed by atoms with E-state index in [2.05, 4.69) is 5.32 Å². The van der Waals surface area contributed by atoms with Gasteiger partial charge in [0.2, 0.25) is 5.91 Å². The van der Waals surface area contributed by atoms with Gasteiger partial charge in [-0.05, 0) is 49.2 Å². The molecule has 0 unspecified atom stereocenters. The summed E-state index contributed by atoms with van der Waals surface area (Å²) < 4.78 is 7.45. The maximum Gasteiger partial charge on any atom is 0.228 e. The summed E-state index contributed by atoms with van der Waals surface area (Å²) in [4.78, 5) is 17.4. The number of carbonyl (C=O) groups is 1. The van der Waals surface area contributed by atoms with Crippen LogP contribution in [0.5, 0.6) is 5.75 Å². The normalized spacial score (nSPS) is 10.8. The van der Waals surface area contributed by atoms with E-state index in [1.165, 1.54) is 0 Å². The average molecular weight is 385 g/mol. The van der Waals surface area contributed by atoms with Crippen molar-refractivity contribution < 1.29 is 9.53 Å². The monoisotopic (exact) mass is 385 g/mol. The first-order chi connectivity index (χ1) is 14.1. The van der Waals surface area contributed by atoms with Crippen molar-refractivity contribution in [2.24, 2.45) is 0 Å². The van der Waals surface area contributed by atoms with Gasteiger partial charge in [-0.1, -0.05) is 36.4 Å². The Morgan fingerprint density at radius 3 is 2.62 bits per heavy atom. The Hall–Kier alpha value is -3.60. The fourth-order valence-corrected chi connectivity index (χ4v) is 3.35. The lowest BCUT2D eigenvalue weighted by Gasteiger charge is -2.10. The van der Waals surface area contributed by atoms with Gasteiger partial charge in [-0.25, -0.2) is 4.98 Å². The van der Waals surface area contributed by atoms with Gasteiger partial charge in [0.1, 0.15) is 11.4 Å². The summed E-state index contributed by atoms with van der Waals surface area (Å²) in [5.74, 6) is 0.741. The first-order valence-electron chi connectivity index (χ1n) is 9.69. The summed E-state index contributed by atoms with van der Waals surface area (Å²) in [6.07, 6.45) is 4.26. The van der Waals surface area contributed by atoms with Crippen molar-refractivity contribution in [3.63, 3.8) is 0 Å².